The standard InChI is InChI=1S/C8H13N.C5H6/c1-5-6(2)8(4)9-7(5)3;1-2-4-5-3-1/h9H,1-4H3;1-4H,5H2. The molecule has 0 unspecified atom stereocenters. The molecule has 0 aliphatic heterocycles. The van der Waals surface area contributed by atoms with E-state index in [1.165, 1.54) is 22.5 Å². The highest BCUT2D eigenvalue weighted by molar-refractivity contribution is 5.32. The second-order valence-electron chi connectivity index (χ2n) is 3.72. The molecule has 0 atom stereocenters. The predicted molar refractivity (Wildman–Crippen MR) is 62.6 cm³/mol. The van der Waals surface area contributed by atoms with Crippen LogP contribution in [0.2, 0.25) is 0 Å². The van der Waals surface area contributed by atoms with Crippen molar-refractivity contribution < 1.29 is 0 Å². The highest BCUT2D eigenvalue weighted by atomic mass is 14.7. The highest BCUT2D eigenvalue weighted by Crippen LogP contribution is 2.14. The molecule has 0 saturated heterocycles. The molecule has 1 aliphatic carbocycles. The summed E-state index contributed by atoms with van der Waals surface area (Å²) in [5.41, 5.74) is 5.38. The number of H-pyrrole nitrogens is 1. The number of aromatic amines is 1. The Kier molecular flexibility index (Phi) is 3.75. The van der Waals surface area contributed by atoms with Gasteiger partial charge in [0.25, 0.3) is 0 Å². The third kappa shape index (κ3) is 2.63. The highest BCUT2D eigenvalue weighted by Gasteiger charge is 2.00. The molecule has 1 aliphatic rings. The van der Waals surface area contributed by atoms with Crippen molar-refractivity contribution in [2.75, 3.05) is 0 Å². The molecule has 1 aromatic rings. The summed E-state index contributed by atoms with van der Waals surface area (Å²) >= 11 is 0. The van der Waals surface area contributed by atoms with Crippen LogP contribution in [0.25, 0.3) is 0 Å². The van der Waals surface area contributed by atoms with Gasteiger partial charge in [-0.3, -0.25) is 0 Å². The van der Waals surface area contributed by atoms with Gasteiger partial charge < -0.3 is 4.98 Å². The Hall–Kier alpha value is -1.24. The van der Waals surface area contributed by atoms with E-state index in [1.54, 1.807) is 0 Å². The van der Waals surface area contributed by atoms with Gasteiger partial charge >= 0.3 is 0 Å². The van der Waals surface area contributed by atoms with E-state index in [1.807, 2.05) is 0 Å². The summed E-state index contributed by atoms with van der Waals surface area (Å²) in [4.78, 5) is 3.28. The smallest absolute Gasteiger partial charge is 0.0150 e. The average Bonchev–Trinajstić information content (AvgIpc) is 2.78. The summed E-state index contributed by atoms with van der Waals surface area (Å²) in [6, 6.07) is 0. The second-order valence-corrected chi connectivity index (χ2v) is 3.72. The molecule has 0 fully saturated rings. The monoisotopic (exact) mass is 189 g/mol. The van der Waals surface area contributed by atoms with Crippen LogP contribution < -0.4 is 0 Å². The Morgan fingerprint density at radius 2 is 1.29 bits per heavy atom. The van der Waals surface area contributed by atoms with Crippen LogP contribution in [0.15, 0.2) is 24.3 Å². The maximum Gasteiger partial charge on any atom is 0.0150 e. The van der Waals surface area contributed by atoms with Crippen molar-refractivity contribution in [3.8, 4) is 0 Å². The molecule has 1 nitrogen and oxygen atoms in total. The average molecular weight is 189 g/mol. The van der Waals surface area contributed by atoms with E-state index in [2.05, 4.69) is 57.0 Å². The molecule has 1 aromatic heterocycles. The molecule has 1 heteroatoms. The maximum atomic E-state index is 3.28. The van der Waals surface area contributed by atoms with Gasteiger partial charge in [-0.2, -0.15) is 0 Å². The second kappa shape index (κ2) is 4.85. The van der Waals surface area contributed by atoms with Crippen LogP contribution in [-0.2, 0) is 0 Å². The maximum absolute atomic E-state index is 3.28. The van der Waals surface area contributed by atoms with Gasteiger partial charge in [-0.25, -0.2) is 0 Å². The molecule has 14 heavy (non-hydrogen) atoms. The lowest BCUT2D eigenvalue weighted by molar-refractivity contribution is 1.17. The molecule has 0 bridgehead atoms. The minimum Gasteiger partial charge on any atom is -0.362 e. The lowest BCUT2D eigenvalue weighted by Crippen LogP contribution is -1.73. The molecule has 76 valence electrons. The third-order valence-corrected chi connectivity index (χ3v) is 2.72. The van der Waals surface area contributed by atoms with Crippen molar-refractivity contribution in [3.63, 3.8) is 0 Å². The van der Waals surface area contributed by atoms with Gasteiger partial charge in [0.05, 0.1) is 0 Å². The molecular formula is C13H19N. The molecule has 0 amide bonds. The minimum absolute atomic E-state index is 1.14. The van der Waals surface area contributed by atoms with Crippen molar-refractivity contribution >= 4 is 0 Å². The van der Waals surface area contributed by atoms with E-state index in [0.717, 1.165) is 6.42 Å². The molecule has 1 heterocycles. The molecule has 0 spiro atoms. The van der Waals surface area contributed by atoms with Crippen molar-refractivity contribution in [3.05, 3.63) is 46.8 Å². The summed E-state index contributed by atoms with van der Waals surface area (Å²) in [6.07, 6.45) is 9.50. The Balaban J connectivity index is 0.000000165. The van der Waals surface area contributed by atoms with Gasteiger partial charge in [0, 0.05) is 11.4 Å². The zero-order valence-corrected chi connectivity index (χ0v) is 9.52. The fourth-order valence-electron chi connectivity index (χ4n) is 1.42. The van der Waals surface area contributed by atoms with Crippen molar-refractivity contribution in [2.45, 2.75) is 34.1 Å². The van der Waals surface area contributed by atoms with Crippen molar-refractivity contribution in [2.24, 2.45) is 0 Å². The number of aromatic nitrogens is 1. The topological polar surface area (TPSA) is 15.8 Å². The number of rotatable bonds is 0. The molecule has 0 saturated carbocycles. The fraction of sp³-hybridized carbons (Fsp3) is 0.385. The number of hydrogen-bond acceptors (Lipinski definition) is 0. The summed E-state index contributed by atoms with van der Waals surface area (Å²) in [5, 5.41) is 0. The normalized spacial score (nSPS) is 12.9. The van der Waals surface area contributed by atoms with E-state index in [9.17, 15) is 0 Å². The first kappa shape index (κ1) is 10.8. The summed E-state index contributed by atoms with van der Waals surface area (Å²) in [5.74, 6) is 0. The Morgan fingerprint density at radius 1 is 0.857 bits per heavy atom. The summed E-state index contributed by atoms with van der Waals surface area (Å²) < 4.78 is 0. The van der Waals surface area contributed by atoms with Gasteiger partial charge in [0.2, 0.25) is 0 Å². The van der Waals surface area contributed by atoms with Crippen LogP contribution in [0.4, 0.5) is 0 Å². The number of allylic oxidation sites excluding steroid dienone is 4. The van der Waals surface area contributed by atoms with Crippen LogP contribution >= 0.6 is 0 Å². The molecule has 2 rings (SSSR count). The fourth-order valence-corrected chi connectivity index (χ4v) is 1.42. The van der Waals surface area contributed by atoms with Gasteiger partial charge in [0.15, 0.2) is 0 Å². The van der Waals surface area contributed by atoms with Gasteiger partial charge in [0.1, 0.15) is 0 Å². The zero-order valence-electron chi connectivity index (χ0n) is 9.52. The van der Waals surface area contributed by atoms with E-state index in [4.69, 9.17) is 0 Å². The van der Waals surface area contributed by atoms with Crippen LogP contribution in [0, 0.1) is 27.7 Å². The number of hydrogen-bond donors (Lipinski definition) is 1. The summed E-state index contributed by atoms with van der Waals surface area (Å²) in [6.45, 7) is 8.51. The van der Waals surface area contributed by atoms with Gasteiger partial charge in [-0.15, -0.1) is 0 Å². The zero-order chi connectivity index (χ0) is 10.6. The predicted octanol–water partition coefficient (Wildman–Crippen LogP) is 3.75. The van der Waals surface area contributed by atoms with E-state index < -0.39 is 0 Å². The Labute approximate surface area is 86.5 Å². The largest absolute Gasteiger partial charge is 0.362 e. The van der Waals surface area contributed by atoms with Crippen molar-refractivity contribution in [1.82, 2.24) is 4.98 Å². The first-order valence-corrected chi connectivity index (χ1v) is 5.07. The Morgan fingerprint density at radius 3 is 1.43 bits per heavy atom. The van der Waals surface area contributed by atoms with E-state index >= 15 is 0 Å². The number of aryl methyl sites for hydroxylation is 2. The number of nitrogens with one attached hydrogen (secondary N) is 1. The molecule has 0 radical (unpaired) electrons. The SMILES string of the molecule is C1=CCC=C1.Cc1[nH]c(C)c(C)c1C. The van der Waals surface area contributed by atoms with Gasteiger partial charge in [-0.1, -0.05) is 24.3 Å². The van der Waals surface area contributed by atoms with Crippen molar-refractivity contribution in [1.29, 1.82) is 0 Å². The van der Waals surface area contributed by atoms with Gasteiger partial charge in [-0.05, 0) is 45.2 Å². The van der Waals surface area contributed by atoms with Crippen LogP contribution in [0.3, 0.4) is 0 Å². The molecular weight excluding hydrogens is 170 g/mol. The van der Waals surface area contributed by atoms with E-state index in [-0.39, 0.29) is 0 Å². The first-order chi connectivity index (χ1) is 6.63. The van der Waals surface area contributed by atoms with Crippen LogP contribution in [0.5, 0.6) is 0 Å². The molecule has 1 N–H and O–H groups in total. The van der Waals surface area contributed by atoms with Crippen LogP contribution in [0.1, 0.15) is 28.9 Å². The third-order valence-electron chi connectivity index (χ3n) is 2.72. The first-order valence-electron chi connectivity index (χ1n) is 5.07. The molecule has 0 aromatic carbocycles. The summed E-state index contributed by atoms with van der Waals surface area (Å²) in [7, 11) is 0. The van der Waals surface area contributed by atoms with E-state index in [0.29, 0.717) is 0 Å². The lowest BCUT2D eigenvalue weighted by atomic mass is 10.2. The lowest BCUT2D eigenvalue weighted by Gasteiger charge is -1.88. The van der Waals surface area contributed by atoms with Crippen LogP contribution in [-0.4, -0.2) is 4.98 Å². The minimum atomic E-state index is 1.14. The Bertz CT molecular complexity index is 321. The quantitative estimate of drug-likeness (QED) is 0.639.